The number of likely N-dealkylation sites (tertiary alicyclic amines) is 1. The molecule has 162 valence electrons. The van der Waals surface area contributed by atoms with Crippen LogP contribution in [0.1, 0.15) is 41.9 Å². The first-order valence-electron chi connectivity index (χ1n) is 11.4. The van der Waals surface area contributed by atoms with Gasteiger partial charge in [-0.05, 0) is 67.6 Å². The van der Waals surface area contributed by atoms with E-state index in [-0.39, 0.29) is 5.92 Å². The lowest BCUT2D eigenvalue weighted by Gasteiger charge is -2.39. The Morgan fingerprint density at radius 1 is 0.871 bits per heavy atom. The van der Waals surface area contributed by atoms with E-state index in [1.54, 1.807) is 7.11 Å². The molecule has 0 bridgehead atoms. The molecule has 3 aromatic carbocycles. The fourth-order valence-corrected chi connectivity index (χ4v) is 4.82. The van der Waals surface area contributed by atoms with Crippen LogP contribution in [0.25, 0.3) is 0 Å². The van der Waals surface area contributed by atoms with Crippen LogP contribution in [0.4, 0.5) is 0 Å². The Hall–Kier alpha value is -2.62. The zero-order valence-corrected chi connectivity index (χ0v) is 18.4. The molecule has 0 spiro atoms. The SMILES string of the molecule is COc1ccc([C@@](O)(CCc2ccccc2)[C@@H](CN2CCCC2)c2ccccc2)cc1. The third-order valence-electron chi connectivity index (χ3n) is 6.65. The molecule has 1 fully saturated rings. The van der Waals surface area contributed by atoms with E-state index in [1.165, 1.54) is 24.0 Å². The number of hydrogen-bond donors (Lipinski definition) is 1. The van der Waals surface area contributed by atoms with E-state index in [9.17, 15) is 5.11 Å². The molecular formula is C28H33NO2. The fraction of sp³-hybridized carbons (Fsp3) is 0.357. The van der Waals surface area contributed by atoms with Crippen LogP contribution in [0.3, 0.4) is 0 Å². The van der Waals surface area contributed by atoms with Crippen molar-refractivity contribution in [3.63, 3.8) is 0 Å². The van der Waals surface area contributed by atoms with Crippen molar-refractivity contribution in [2.24, 2.45) is 0 Å². The summed E-state index contributed by atoms with van der Waals surface area (Å²) in [6, 6.07) is 29.0. The van der Waals surface area contributed by atoms with Gasteiger partial charge in [0.25, 0.3) is 0 Å². The average molecular weight is 416 g/mol. The molecule has 3 heteroatoms. The molecule has 0 unspecified atom stereocenters. The van der Waals surface area contributed by atoms with Gasteiger partial charge >= 0.3 is 0 Å². The van der Waals surface area contributed by atoms with Gasteiger partial charge in [-0.3, -0.25) is 0 Å². The maximum atomic E-state index is 12.4. The summed E-state index contributed by atoms with van der Waals surface area (Å²) in [5.41, 5.74) is 2.42. The van der Waals surface area contributed by atoms with Gasteiger partial charge in [-0.25, -0.2) is 0 Å². The van der Waals surface area contributed by atoms with Crippen molar-refractivity contribution in [2.75, 3.05) is 26.7 Å². The van der Waals surface area contributed by atoms with Crippen molar-refractivity contribution in [1.29, 1.82) is 0 Å². The number of benzene rings is 3. The van der Waals surface area contributed by atoms with E-state index in [4.69, 9.17) is 4.74 Å². The molecule has 2 atom stereocenters. The number of methoxy groups -OCH3 is 1. The Morgan fingerprint density at radius 3 is 2.10 bits per heavy atom. The summed E-state index contributed by atoms with van der Waals surface area (Å²) in [4.78, 5) is 2.51. The highest BCUT2D eigenvalue weighted by molar-refractivity contribution is 5.36. The molecule has 0 saturated carbocycles. The second-order valence-corrected chi connectivity index (χ2v) is 8.61. The molecule has 3 aromatic rings. The molecule has 0 aliphatic carbocycles. The van der Waals surface area contributed by atoms with E-state index in [2.05, 4.69) is 53.4 Å². The van der Waals surface area contributed by atoms with E-state index < -0.39 is 5.60 Å². The van der Waals surface area contributed by atoms with Crippen LogP contribution in [-0.2, 0) is 12.0 Å². The van der Waals surface area contributed by atoms with Gasteiger partial charge in [-0.15, -0.1) is 0 Å². The van der Waals surface area contributed by atoms with Crippen LogP contribution in [0, 0.1) is 0 Å². The largest absolute Gasteiger partial charge is 0.497 e. The molecule has 1 heterocycles. The minimum atomic E-state index is -0.980. The summed E-state index contributed by atoms with van der Waals surface area (Å²) in [7, 11) is 1.68. The van der Waals surface area contributed by atoms with Crippen molar-refractivity contribution in [1.82, 2.24) is 4.90 Å². The highest BCUT2D eigenvalue weighted by Gasteiger charge is 2.40. The number of nitrogens with zero attached hydrogens (tertiary/aromatic N) is 1. The Kier molecular flexibility index (Phi) is 7.06. The fourth-order valence-electron chi connectivity index (χ4n) is 4.82. The van der Waals surface area contributed by atoms with Crippen LogP contribution >= 0.6 is 0 Å². The molecule has 1 aliphatic rings. The summed E-state index contributed by atoms with van der Waals surface area (Å²) >= 11 is 0. The predicted octanol–water partition coefficient (Wildman–Crippen LogP) is 5.40. The van der Waals surface area contributed by atoms with E-state index in [1.807, 2.05) is 36.4 Å². The minimum Gasteiger partial charge on any atom is -0.497 e. The number of rotatable bonds is 9. The zero-order chi connectivity index (χ0) is 21.5. The molecule has 1 saturated heterocycles. The summed E-state index contributed by atoms with van der Waals surface area (Å²) in [6.45, 7) is 3.09. The molecule has 0 radical (unpaired) electrons. The maximum absolute atomic E-state index is 12.4. The third-order valence-corrected chi connectivity index (χ3v) is 6.65. The smallest absolute Gasteiger partial charge is 0.118 e. The van der Waals surface area contributed by atoms with Crippen molar-refractivity contribution in [3.8, 4) is 5.75 Å². The Morgan fingerprint density at radius 2 is 1.48 bits per heavy atom. The second kappa shape index (κ2) is 10.1. The number of aliphatic hydroxyl groups is 1. The Balaban J connectivity index is 1.72. The molecule has 1 N–H and O–H groups in total. The van der Waals surface area contributed by atoms with Crippen molar-refractivity contribution >= 4 is 0 Å². The summed E-state index contributed by atoms with van der Waals surface area (Å²) in [6.07, 6.45) is 3.97. The van der Waals surface area contributed by atoms with Crippen LogP contribution in [0.5, 0.6) is 5.75 Å². The summed E-state index contributed by atoms with van der Waals surface area (Å²) < 4.78 is 5.37. The Bertz CT molecular complexity index is 920. The van der Waals surface area contributed by atoms with Crippen molar-refractivity contribution in [2.45, 2.75) is 37.2 Å². The van der Waals surface area contributed by atoms with E-state index >= 15 is 0 Å². The number of hydrogen-bond acceptors (Lipinski definition) is 3. The lowest BCUT2D eigenvalue weighted by Crippen LogP contribution is -2.41. The Labute approximate surface area is 186 Å². The lowest BCUT2D eigenvalue weighted by atomic mass is 9.73. The van der Waals surface area contributed by atoms with Gasteiger partial charge in [0, 0.05) is 12.5 Å². The van der Waals surface area contributed by atoms with Gasteiger partial charge in [0.2, 0.25) is 0 Å². The van der Waals surface area contributed by atoms with Gasteiger partial charge in [0.1, 0.15) is 5.75 Å². The van der Waals surface area contributed by atoms with Gasteiger partial charge in [0.05, 0.1) is 12.7 Å². The van der Waals surface area contributed by atoms with Gasteiger partial charge in [0.15, 0.2) is 0 Å². The molecule has 1 aliphatic heterocycles. The minimum absolute atomic E-state index is 0.0103. The second-order valence-electron chi connectivity index (χ2n) is 8.61. The van der Waals surface area contributed by atoms with Gasteiger partial charge < -0.3 is 14.7 Å². The molecule has 0 amide bonds. The lowest BCUT2D eigenvalue weighted by molar-refractivity contribution is -0.0109. The highest BCUT2D eigenvalue weighted by atomic mass is 16.5. The summed E-state index contributed by atoms with van der Waals surface area (Å²) in [5, 5.41) is 12.4. The standard InChI is InChI=1S/C28H33NO2/c1-31-26-16-14-25(15-17-26)28(30,19-18-23-10-4-2-5-11-23)27(22-29-20-8-9-21-29)24-12-6-3-7-13-24/h2-7,10-17,27,30H,8-9,18-22H2,1H3/t27-,28-/m0/s1. The normalized spacial score (nSPS) is 17.2. The highest BCUT2D eigenvalue weighted by Crippen LogP contribution is 2.42. The summed E-state index contributed by atoms with van der Waals surface area (Å²) in [5.74, 6) is 0.800. The molecule has 31 heavy (non-hydrogen) atoms. The van der Waals surface area contributed by atoms with Gasteiger partial charge in [-0.2, -0.15) is 0 Å². The zero-order valence-electron chi connectivity index (χ0n) is 18.4. The first-order valence-corrected chi connectivity index (χ1v) is 11.4. The van der Waals surface area contributed by atoms with Gasteiger partial charge in [-0.1, -0.05) is 72.8 Å². The number of aryl methyl sites for hydroxylation is 1. The van der Waals surface area contributed by atoms with Crippen molar-refractivity contribution < 1.29 is 9.84 Å². The average Bonchev–Trinajstić information content (AvgIpc) is 3.36. The predicted molar refractivity (Wildman–Crippen MR) is 127 cm³/mol. The number of ether oxygens (including phenoxy) is 1. The quantitative estimate of drug-likeness (QED) is 0.508. The topological polar surface area (TPSA) is 32.7 Å². The first-order chi connectivity index (χ1) is 15.2. The van der Waals surface area contributed by atoms with Crippen LogP contribution < -0.4 is 4.74 Å². The molecule has 3 nitrogen and oxygen atoms in total. The van der Waals surface area contributed by atoms with E-state index in [0.717, 1.165) is 37.4 Å². The molecule has 4 rings (SSSR count). The monoisotopic (exact) mass is 415 g/mol. The van der Waals surface area contributed by atoms with Crippen LogP contribution in [-0.4, -0.2) is 36.8 Å². The first kappa shape index (κ1) is 21.6. The van der Waals surface area contributed by atoms with Crippen LogP contribution in [0.2, 0.25) is 0 Å². The van der Waals surface area contributed by atoms with E-state index in [0.29, 0.717) is 6.42 Å². The molecular weight excluding hydrogens is 382 g/mol. The molecule has 0 aromatic heterocycles. The van der Waals surface area contributed by atoms with Crippen molar-refractivity contribution in [3.05, 3.63) is 102 Å². The maximum Gasteiger partial charge on any atom is 0.118 e. The van der Waals surface area contributed by atoms with Crippen LogP contribution in [0.15, 0.2) is 84.9 Å². The third kappa shape index (κ3) is 5.17.